The van der Waals surface area contributed by atoms with Gasteiger partial charge in [-0.3, -0.25) is 13.9 Å². The zero-order chi connectivity index (χ0) is 25.7. The molecule has 0 unspecified atom stereocenters. The van der Waals surface area contributed by atoms with E-state index in [2.05, 4.69) is 29.1 Å². The quantitative estimate of drug-likeness (QED) is 0.367. The predicted molar refractivity (Wildman–Crippen MR) is 123 cm³/mol. The summed E-state index contributed by atoms with van der Waals surface area (Å²) in [4.78, 5) is 11.7. The van der Waals surface area contributed by atoms with E-state index in [0.717, 1.165) is 43.7 Å². The van der Waals surface area contributed by atoms with Crippen LogP contribution in [0.5, 0.6) is 17.2 Å². The molecule has 12 heteroatoms. The van der Waals surface area contributed by atoms with Crippen LogP contribution in [0.4, 0.5) is 0 Å². The number of phenols is 1. The van der Waals surface area contributed by atoms with Crippen LogP contribution in [-0.2, 0) is 20.8 Å². The highest BCUT2D eigenvalue weighted by atomic mass is 32.3. The molecule has 0 amide bonds. The molecule has 0 radical (unpaired) electrons. The summed E-state index contributed by atoms with van der Waals surface area (Å²) in [5, 5.41) is 10.3. The minimum atomic E-state index is -5.12. The topological polar surface area (TPSA) is 164 Å². The molecule has 2 aliphatic rings. The lowest BCUT2D eigenvalue weighted by Crippen LogP contribution is -2.47. The van der Waals surface area contributed by atoms with Crippen molar-refractivity contribution in [2.75, 3.05) is 0 Å². The molecule has 3 atom stereocenters. The SMILES string of the molecule is C[C@H]1CC[C@H]2C(C)(C)CCC[C@]2(C)/C1=C/c1cc(OS(=O)(=O)O)c(O)c(C=O)c1OS(=O)(=O)O. The van der Waals surface area contributed by atoms with Crippen LogP contribution in [-0.4, -0.2) is 37.3 Å². The summed E-state index contributed by atoms with van der Waals surface area (Å²) in [5.74, 6) is -2.18. The summed E-state index contributed by atoms with van der Waals surface area (Å²) < 4.78 is 73.0. The second-order valence-corrected chi connectivity index (χ2v) is 12.1. The number of allylic oxidation sites excluding steroid dienone is 1. The third-order valence-corrected chi connectivity index (χ3v) is 8.17. The van der Waals surface area contributed by atoms with Crippen molar-refractivity contribution in [3.63, 3.8) is 0 Å². The zero-order valence-electron chi connectivity index (χ0n) is 19.4. The van der Waals surface area contributed by atoms with Gasteiger partial charge in [-0.1, -0.05) is 45.8 Å². The second-order valence-electron chi connectivity index (χ2n) is 10.1. The van der Waals surface area contributed by atoms with Crippen LogP contribution in [0.1, 0.15) is 75.7 Å². The van der Waals surface area contributed by atoms with Gasteiger partial charge in [0.2, 0.25) is 0 Å². The van der Waals surface area contributed by atoms with Gasteiger partial charge in [0.15, 0.2) is 23.5 Å². The molecule has 10 nitrogen and oxygen atoms in total. The van der Waals surface area contributed by atoms with Crippen LogP contribution in [0.25, 0.3) is 6.08 Å². The van der Waals surface area contributed by atoms with Crippen LogP contribution >= 0.6 is 0 Å². The number of benzene rings is 1. The first-order chi connectivity index (χ1) is 15.5. The molecule has 190 valence electrons. The number of rotatable bonds is 6. The van der Waals surface area contributed by atoms with E-state index in [0.29, 0.717) is 5.92 Å². The first-order valence-corrected chi connectivity index (χ1v) is 13.6. The molecule has 1 aromatic rings. The number of aldehydes is 1. The molecule has 2 fully saturated rings. The van der Waals surface area contributed by atoms with Gasteiger partial charge >= 0.3 is 20.8 Å². The highest BCUT2D eigenvalue weighted by Gasteiger charge is 2.51. The fourth-order valence-electron chi connectivity index (χ4n) is 6.05. The summed E-state index contributed by atoms with van der Waals surface area (Å²) in [6.45, 7) is 8.60. The van der Waals surface area contributed by atoms with Gasteiger partial charge in [-0.2, -0.15) is 16.8 Å². The van der Waals surface area contributed by atoms with Gasteiger partial charge in [0.05, 0.1) is 0 Å². The van der Waals surface area contributed by atoms with Gasteiger partial charge in [-0.05, 0) is 54.4 Å². The fourth-order valence-corrected chi connectivity index (χ4v) is 6.80. The molecule has 0 bridgehead atoms. The van der Waals surface area contributed by atoms with Crippen LogP contribution < -0.4 is 8.37 Å². The highest BCUT2D eigenvalue weighted by molar-refractivity contribution is 7.81. The first kappa shape index (κ1) is 26.5. The summed E-state index contributed by atoms with van der Waals surface area (Å²) in [5.41, 5.74) is -0.152. The molecule has 3 N–H and O–H groups in total. The first-order valence-electron chi connectivity index (χ1n) is 10.9. The van der Waals surface area contributed by atoms with Gasteiger partial charge in [-0.25, -0.2) is 0 Å². The van der Waals surface area contributed by atoms with Gasteiger partial charge in [-0.15, -0.1) is 0 Å². The minimum Gasteiger partial charge on any atom is -0.504 e. The number of phenolic OH excluding ortho intramolecular Hbond substituents is 1. The molecule has 34 heavy (non-hydrogen) atoms. The molecule has 0 saturated heterocycles. The Kier molecular flexibility index (Phi) is 6.86. The van der Waals surface area contributed by atoms with Crippen molar-refractivity contribution in [1.29, 1.82) is 0 Å². The lowest BCUT2D eigenvalue weighted by molar-refractivity contribution is -0.00534. The van der Waals surface area contributed by atoms with E-state index in [4.69, 9.17) is 4.55 Å². The lowest BCUT2D eigenvalue weighted by atomic mass is 9.48. The summed E-state index contributed by atoms with van der Waals surface area (Å²) >= 11 is 0. The molecular weight excluding hydrogens is 488 g/mol. The molecule has 0 heterocycles. The van der Waals surface area contributed by atoms with Crippen molar-refractivity contribution in [2.45, 2.75) is 59.8 Å². The molecular formula is C22H30O10S2. The maximum atomic E-state index is 11.7. The van der Waals surface area contributed by atoms with E-state index >= 15 is 0 Å². The summed E-state index contributed by atoms with van der Waals surface area (Å²) in [6, 6.07) is 0.942. The Hall–Kier alpha value is -2.15. The number of hydrogen-bond acceptors (Lipinski definition) is 8. The molecule has 1 aromatic carbocycles. The molecule has 3 rings (SSSR count). The van der Waals surface area contributed by atoms with Crippen LogP contribution in [0, 0.1) is 22.7 Å². The number of aromatic hydroxyl groups is 1. The van der Waals surface area contributed by atoms with Crippen molar-refractivity contribution >= 4 is 33.2 Å². The van der Waals surface area contributed by atoms with Gasteiger partial charge in [0.1, 0.15) is 5.56 Å². The molecule has 0 aromatic heterocycles. The molecule has 2 saturated carbocycles. The average molecular weight is 519 g/mol. The molecule has 0 aliphatic heterocycles. The minimum absolute atomic E-state index is 0.0350. The summed E-state index contributed by atoms with van der Waals surface area (Å²) in [6.07, 6.45) is 6.41. The van der Waals surface area contributed by atoms with Gasteiger partial charge in [0.25, 0.3) is 0 Å². The van der Waals surface area contributed by atoms with E-state index in [9.17, 15) is 31.3 Å². The van der Waals surface area contributed by atoms with Crippen LogP contribution in [0.15, 0.2) is 11.6 Å². The van der Waals surface area contributed by atoms with Crippen LogP contribution in [0.2, 0.25) is 0 Å². The van der Waals surface area contributed by atoms with Crippen molar-refractivity contribution in [3.8, 4) is 17.2 Å². The molecule has 0 spiro atoms. The predicted octanol–water partition coefficient (Wildman–Crippen LogP) is 4.21. The normalized spacial score (nSPS) is 28.2. The zero-order valence-corrected chi connectivity index (χ0v) is 21.1. The second kappa shape index (κ2) is 8.81. The third kappa shape index (κ3) is 5.24. The monoisotopic (exact) mass is 518 g/mol. The van der Waals surface area contributed by atoms with Crippen molar-refractivity contribution in [3.05, 3.63) is 22.8 Å². The van der Waals surface area contributed by atoms with Crippen molar-refractivity contribution in [2.24, 2.45) is 22.7 Å². The van der Waals surface area contributed by atoms with Gasteiger partial charge < -0.3 is 13.5 Å². The maximum Gasteiger partial charge on any atom is 0.446 e. The van der Waals surface area contributed by atoms with Crippen LogP contribution in [0.3, 0.4) is 0 Å². The van der Waals surface area contributed by atoms with E-state index in [-0.39, 0.29) is 28.6 Å². The van der Waals surface area contributed by atoms with E-state index in [1.54, 1.807) is 6.08 Å². The van der Waals surface area contributed by atoms with E-state index in [1.165, 1.54) is 0 Å². The molecule has 2 aliphatic carbocycles. The number of fused-ring (bicyclic) bond motifs is 1. The summed E-state index contributed by atoms with van der Waals surface area (Å²) in [7, 11) is -10.2. The Morgan fingerprint density at radius 1 is 1.03 bits per heavy atom. The standard InChI is InChI=1S/C22H30O10S2/c1-13-6-7-18-21(2,3)8-5-9-22(18,4)16(13)10-14-11-17(31-33(25,26)27)19(24)15(12-23)20(14)32-34(28,29)30/h10-13,18,24H,5-9H2,1-4H3,(H,25,26,27)(H,28,29,30)/b16-10+/t13-,18-,22+/m0/s1. The third-order valence-electron chi connectivity index (χ3n) is 7.40. The number of carbonyl (C=O) groups excluding carboxylic acids is 1. The maximum absolute atomic E-state index is 11.7. The van der Waals surface area contributed by atoms with E-state index in [1.807, 2.05) is 6.92 Å². The average Bonchev–Trinajstić information content (AvgIpc) is 2.65. The van der Waals surface area contributed by atoms with E-state index < -0.39 is 43.6 Å². The number of carbonyl (C=O) groups is 1. The Bertz CT molecular complexity index is 1230. The Balaban J connectivity index is 2.31. The van der Waals surface area contributed by atoms with Gasteiger partial charge in [0, 0.05) is 5.56 Å². The Morgan fingerprint density at radius 3 is 2.21 bits per heavy atom. The van der Waals surface area contributed by atoms with Crippen molar-refractivity contribution < 1.29 is 44.2 Å². The number of hydrogen-bond donors (Lipinski definition) is 3. The fraction of sp³-hybridized carbons (Fsp3) is 0.591. The smallest absolute Gasteiger partial charge is 0.446 e. The largest absolute Gasteiger partial charge is 0.504 e. The Labute approximate surface area is 199 Å². The van der Waals surface area contributed by atoms with Crippen molar-refractivity contribution in [1.82, 2.24) is 0 Å². The Morgan fingerprint density at radius 2 is 1.65 bits per heavy atom. The highest BCUT2D eigenvalue weighted by Crippen LogP contribution is 2.61. The lowest BCUT2D eigenvalue weighted by Gasteiger charge is -2.56.